The summed E-state index contributed by atoms with van der Waals surface area (Å²) in [6, 6.07) is 16.4. The SMILES string of the molecule is CN1CCc2cc(C(=O)C(C)(Cc3ccccc3)N(C)C)ccc21. The van der Waals surface area contributed by atoms with Crippen molar-refractivity contribution in [2.24, 2.45) is 0 Å². The van der Waals surface area contributed by atoms with E-state index in [1.807, 2.05) is 50.2 Å². The van der Waals surface area contributed by atoms with Crippen molar-refractivity contribution in [3.8, 4) is 0 Å². The van der Waals surface area contributed by atoms with Crippen LogP contribution in [0.4, 0.5) is 5.69 Å². The standard InChI is InChI=1S/C21H26N2O/c1-21(22(2)3,15-16-8-6-5-7-9-16)20(24)18-10-11-19-17(14-18)12-13-23(19)4/h5-11,14H,12-13,15H2,1-4H3. The first-order valence-electron chi connectivity index (χ1n) is 8.52. The third-order valence-corrected chi connectivity index (χ3v) is 5.34. The molecule has 1 atom stereocenters. The van der Waals surface area contributed by atoms with Gasteiger partial charge in [-0.1, -0.05) is 30.3 Å². The number of nitrogens with zero attached hydrogens (tertiary/aromatic N) is 2. The molecule has 0 saturated heterocycles. The summed E-state index contributed by atoms with van der Waals surface area (Å²) in [7, 11) is 6.08. The second-order valence-corrected chi connectivity index (χ2v) is 7.17. The quantitative estimate of drug-likeness (QED) is 0.788. The lowest BCUT2D eigenvalue weighted by molar-refractivity contribution is 0.0719. The topological polar surface area (TPSA) is 23.6 Å². The van der Waals surface area contributed by atoms with E-state index in [-0.39, 0.29) is 5.78 Å². The molecule has 3 heteroatoms. The average Bonchev–Trinajstić information content (AvgIpc) is 2.95. The van der Waals surface area contributed by atoms with Gasteiger partial charge < -0.3 is 4.90 Å². The van der Waals surface area contributed by atoms with Gasteiger partial charge in [-0.2, -0.15) is 0 Å². The Morgan fingerprint density at radius 1 is 1.17 bits per heavy atom. The van der Waals surface area contributed by atoms with Crippen molar-refractivity contribution in [2.75, 3.05) is 32.6 Å². The van der Waals surface area contributed by atoms with Gasteiger partial charge in [-0.05, 0) is 63.2 Å². The lowest BCUT2D eigenvalue weighted by atomic mass is 9.83. The predicted molar refractivity (Wildman–Crippen MR) is 100.0 cm³/mol. The van der Waals surface area contributed by atoms with Gasteiger partial charge in [0, 0.05) is 24.8 Å². The van der Waals surface area contributed by atoms with E-state index < -0.39 is 5.54 Å². The summed E-state index contributed by atoms with van der Waals surface area (Å²) in [6.45, 7) is 3.07. The highest BCUT2D eigenvalue weighted by Crippen LogP contribution is 2.30. The molecule has 0 bridgehead atoms. The second kappa shape index (κ2) is 6.40. The zero-order valence-corrected chi connectivity index (χ0v) is 15.0. The normalized spacial score (nSPS) is 16.1. The number of hydrogen-bond acceptors (Lipinski definition) is 3. The smallest absolute Gasteiger partial charge is 0.183 e. The minimum Gasteiger partial charge on any atom is -0.374 e. The highest BCUT2D eigenvalue weighted by atomic mass is 16.1. The van der Waals surface area contributed by atoms with Gasteiger partial charge in [0.15, 0.2) is 5.78 Å². The van der Waals surface area contributed by atoms with Crippen molar-refractivity contribution < 1.29 is 4.79 Å². The molecule has 126 valence electrons. The molecule has 3 nitrogen and oxygen atoms in total. The number of hydrogen-bond donors (Lipinski definition) is 0. The zero-order valence-electron chi connectivity index (χ0n) is 15.0. The highest BCUT2D eigenvalue weighted by Gasteiger charge is 2.36. The molecule has 24 heavy (non-hydrogen) atoms. The first-order valence-corrected chi connectivity index (χ1v) is 8.52. The molecule has 0 radical (unpaired) electrons. The number of fused-ring (bicyclic) bond motifs is 1. The van der Waals surface area contributed by atoms with Crippen molar-refractivity contribution in [1.29, 1.82) is 0 Å². The Kier molecular flexibility index (Phi) is 4.46. The number of anilines is 1. The molecule has 0 aliphatic carbocycles. The van der Waals surface area contributed by atoms with E-state index in [1.165, 1.54) is 16.8 Å². The minimum absolute atomic E-state index is 0.189. The summed E-state index contributed by atoms with van der Waals surface area (Å²) in [5, 5.41) is 0. The molecule has 0 saturated carbocycles. The van der Waals surface area contributed by atoms with Gasteiger partial charge >= 0.3 is 0 Å². The lowest BCUT2D eigenvalue weighted by Gasteiger charge is -2.35. The molecule has 1 heterocycles. The lowest BCUT2D eigenvalue weighted by Crippen LogP contribution is -2.50. The van der Waals surface area contributed by atoms with Crippen LogP contribution in [0.1, 0.15) is 28.4 Å². The van der Waals surface area contributed by atoms with E-state index in [0.717, 1.165) is 18.5 Å². The van der Waals surface area contributed by atoms with Crippen LogP contribution in [0, 0.1) is 0 Å². The average molecular weight is 322 g/mol. The van der Waals surface area contributed by atoms with Gasteiger partial charge in [-0.25, -0.2) is 0 Å². The van der Waals surface area contributed by atoms with E-state index in [0.29, 0.717) is 6.42 Å². The molecular weight excluding hydrogens is 296 g/mol. The fourth-order valence-corrected chi connectivity index (χ4v) is 3.45. The largest absolute Gasteiger partial charge is 0.374 e. The van der Waals surface area contributed by atoms with E-state index in [1.54, 1.807) is 0 Å². The van der Waals surface area contributed by atoms with Gasteiger partial charge in [0.25, 0.3) is 0 Å². The Labute approximate surface area is 144 Å². The van der Waals surface area contributed by atoms with Crippen LogP contribution in [0.25, 0.3) is 0 Å². The Balaban J connectivity index is 1.93. The van der Waals surface area contributed by atoms with E-state index in [2.05, 4.69) is 36.2 Å². The van der Waals surface area contributed by atoms with Gasteiger partial charge in [0.2, 0.25) is 0 Å². The van der Waals surface area contributed by atoms with Crippen molar-refractivity contribution >= 4 is 11.5 Å². The summed E-state index contributed by atoms with van der Waals surface area (Å²) in [5.41, 5.74) is 3.98. The Morgan fingerprint density at radius 2 is 1.88 bits per heavy atom. The summed E-state index contributed by atoms with van der Waals surface area (Å²) >= 11 is 0. The van der Waals surface area contributed by atoms with Crippen LogP contribution in [0.15, 0.2) is 48.5 Å². The van der Waals surface area contributed by atoms with Gasteiger partial charge in [0.05, 0.1) is 5.54 Å². The van der Waals surface area contributed by atoms with Crippen LogP contribution >= 0.6 is 0 Å². The Hall–Kier alpha value is -2.13. The fourth-order valence-electron chi connectivity index (χ4n) is 3.45. The van der Waals surface area contributed by atoms with Crippen molar-refractivity contribution in [2.45, 2.75) is 25.3 Å². The number of Topliss-reactive ketones (excluding diaryl/α,β-unsaturated/α-hetero) is 1. The maximum atomic E-state index is 13.3. The maximum Gasteiger partial charge on any atom is 0.183 e. The summed E-state index contributed by atoms with van der Waals surface area (Å²) in [4.78, 5) is 17.6. The van der Waals surface area contributed by atoms with Crippen LogP contribution in [-0.2, 0) is 12.8 Å². The van der Waals surface area contributed by atoms with Crippen LogP contribution in [0.3, 0.4) is 0 Å². The number of ketones is 1. The van der Waals surface area contributed by atoms with E-state index in [4.69, 9.17) is 0 Å². The van der Waals surface area contributed by atoms with Gasteiger partial charge in [-0.15, -0.1) is 0 Å². The molecule has 2 aromatic carbocycles. The van der Waals surface area contributed by atoms with Gasteiger partial charge in [0.1, 0.15) is 0 Å². The monoisotopic (exact) mass is 322 g/mol. The molecule has 0 amide bonds. The van der Waals surface area contributed by atoms with Crippen LogP contribution < -0.4 is 4.90 Å². The molecule has 0 fully saturated rings. The molecule has 0 spiro atoms. The molecule has 0 aromatic heterocycles. The predicted octanol–water partition coefficient (Wildman–Crippen LogP) is 3.42. The number of carbonyl (C=O) groups is 1. The van der Waals surface area contributed by atoms with Crippen molar-refractivity contribution in [1.82, 2.24) is 4.90 Å². The molecule has 1 unspecified atom stereocenters. The number of carbonyl (C=O) groups excluding carboxylic acids is 1. The third-order valence-electron chi connectivity index (χ3n) is 5.34. The number of benzene rings is 2. The maximum absolute atomic E-state index is 13.3. The Bertz CT molecular complexity index is 739. The Morgan fingerprint density at radius 3 is 2.54 bits per heavy atom. The van der Waals surface area contributed by atoms with Crippen molar-refractivity contribution in [3.05, 3.63) is 65.2 Å². The molecule has 2 aromatic rings. The molecular formula is C21H26N2O. The van der Waals surface area contributed by atoms with Crippen LogP contribution in [0.2, 0.25) is 0 Å². The molecule has 1 aliphatic rings. The highest BCUT2D eigenvalue weighted by molar-refractivity contribution is 6.03. The summed E-state index contributed by atoms with van der Waals surface area (Å²) in [6.07, 6.45) is 1.72. The number of likely N-dealkylation sites (N-methyl/N-ethyl adjacent to an activating group) is 2. The molecule has 3 rings (SSSR count). The van der Waals surface area contributed by atoms with Crippen LogP contribution in [-0.4, -0.2) is 43.9 Å². The summed E-state index contributed by atoms with van der Waals surface area (Å²) < 4.78 is 0. The van der Waals surface area contributed by atoms with Gasteiger partial charge in [-0.3, -0.25) is 9.69 Å². The third kappa shape index (κ3) is 2.96. The first kappa shape index (κ1) is 16.7. The number of rotatable bonds is 5. The zero-order chi connectivity index (χ0) is 17.3. The summed E-state index contributed by atoms with van der Waals surface area (Å²) in [5.74, 6) is 0.189. The fraction of sp³-hybridized carbons (Fsp3) is 0.381. The van der Waals surface area contributed by atoms with Crippen molar-refractivity contribution in [3.63, 3.8) is 0 Å². The van der Waals surface area contributed by atoms with E-state index >= 15 is 0 Å². The molecule has 0 N–H and O–H groups in total. The molecule has 1 aliphatic heterocycles. The first-order chi connectivity index (χ1) is 11.4. The van der Waals surface area contributed by atoms with E-state index in [9.17, 15) is 4.79 Å². The minimum atomic E-state index is -0.555. The second-order valence-electron chi connectivity index (χ2n) is 7.17. The van der Waals surface area contributed by atoms with Crippen LogP contribution in [0.5, 0.6) is 0 Å².